The summed E-state index contributed by atoms with van der Waals surface area (Å²) in [5.74, 6) is 0.112. The van der Waals surface area contributed by atoms with Gasteiger partial charge in [0.1, 0.15) is 5.75 Å². The van der Waals surface area contributed by atoms with E-state index in [-0.39, 0.29) is 36.7 Å². The zero-order chi connectivity index (χ0) is 23.2. The highest BCUT2D eigenvalue weighted by atomic mass is 16.5. The van der Waals surface area contributed by atoms with Crippen molar-refractivity contribution in [3.05, 3.63) is 65.2 Å². The van der Waals surface area contributed by atoms with Gasteiger partial charge in [-0.25, -0.2) is 0 Å². The molecule has 2 aliphatic heterocycles. The lowest BCUT2D eigenvalue weighted by Crippen LogP contribution is -2.43. The Hall–Kier alpha value is -3.23. The van der Waals surface area contributed by atoms with Crippen LogP contribution in [-0.2, 0) is 9.53 Å². The van der Waals surface area contributed by atoms with Gasteiger partial charge in [0, 0.05) is 32.6 Å². The SMILES string of the molecule is COc1ccc([C@H](CNC(=O)CCCN2C(=O)c3ccccc3C2=O)N2CCOCC2)cc1. The van der Waals surface area contributed by atoms with Crippen LogP contribution in [0.1, 0.15) is 45.2 Å². The quantitative estimate of drug-likeness (QED) is 0.589. The average Bonchev–Trinajstić information content (AvgIpc) is 3.10. The van der Waals surface area contributed by atoms with E-state index in [1.54, 1.807) is 31.4 Å². The van der Waals surface area contributed by atoms with Crippen LogP contribution in [0.3, 0.4) is 0 Å². The molecular formula is C25H29N3O5. The summed E-state index contributed by atoms with van der Waals surface area (Å²) < 4.78 is 10.7. The van der Waals surface area contributed by atoms with Crippen molar-refractivity contribution in [1.82, 2.24) is 15.1 Å². The summed E-state index contributed by atoms with van der Waals surface area (Å²) in [4.78, 5) is 41.0. The molecule has 0 saturated carbocycles. The highest BCUT2D eigenvalue weighted by Gasteiger charge is 2.34. The molecule has 1 saturated heterocycles. The molecule has 2 aromatic rings. The number of hydrogen-bond donors (Lipinski definition) is 1. The Morgan fingerprint density at radius 2 is 1.67 bits per heavy atom. The van der Waals surface area contributed by atoms with Crippen LogP contribution in [0, 0.1) is 0 Å². The number of amides is 3. The topological polar surface area (TPSA) is 88.2 Å². The lowest BCUT2D eigenvalue weighted by Gasteiger charge is -2.35. The number of hydrogen-bond acceptors (Lipinski definition) is 6. The minimum absolute atomic E-state index is 0.0278. The minimum atomic E-state index is -0.289. The molecule has 2 heterocycles. The predicted molar refractivity (Wildman–Crippen MR) is 122 cm³/mol. The van der Waals surface area contributed by atoms with Crippen LogP contribution >= 0.6 is 0 Å². The number of ether oxygens (including phenoxy) is 2. The van der Waals surface area contributed by atoms with Crippen LogP contribution in [0.5, 0.6) is 5.75 Å². The number of methoxy groups -OCH3 is 1. The molecule has 1 fully saturated rings. The number of carbonyl (C=O) groups excluding carboxylic acids is 3. The van der Waals surface area contributed by atoms with Gasteiger partial charge in [0.2, 0.25) is 5.91 Å². The smallest absolute Gasteiger partial charge is 0.261 e. The molecule has 0 aromatic heterocycles. The number of nitrogens with one attached hydrogen (secondary N) is 1. The summed E-state index contributed by atoms with van der Waals surface area (Å²) in [7, 11) is 1.64. The van der Waals surface area contributed by atoms with Crippen molar-refractivity contribution < 1.29 is 23.9 Å². The fourth-order valence-electron chi connectivity index (χ4n) is 4.31. The lowest BCUT2D eigenvalue weighted by atomic mass is 10.0. The maximum Gasteiger partial charge on any atom is 0.261 e. The molecule has 4 rings (SSSR count). The fourth-order valence-corrected chi connectivity index (χ4v) is 4.31. The van der Waals surface area contributed by atoms with Crippen molar-refractivity contribution in [2.24, 2.45) is 0 Å². The van der Waals surface area contributed by atoms with Gasteiger partial charge in [-0.2, -0.15) is 0 Å². The zero-order valence-corrected chi connectivity index (χ0v) is 18.8. The standard InChI is InChI=1S/C25H29N3O5/c1-32-19-10-8-18(9-11-19)22(27-13-15-33-16-14-27)17-26-23(29)7-4-12-28-24(30)20-5-2-3-6-21(20)25(28)31/h2-3,5-6,8-11,22H,4,7,12-17H2,1H3,(H,26,29)/t22-/m0/s1. The third-order valence-corrected chi connectivity index (χ3v) is 6.14. The van der Waals surface area contributed by atoms with E-state index in [0.29, 0.717) is 37.3 Å². The molecular weight excluding hydrogens is 422 g/mol. The number of nitrogens with zero attached hydrogens (tertiary/aromatic N) is 2. The molecule has 2 aliphatic rings. The Morgan fingerprint density at radius 3 is 2.27 bits per heavy atom. The van der Waals surface area contributed by atoms with Crippen molar-refractivity contribution >= 4 is 17.7 Å². The zero-order valence-electron chi connectivity index (χ0n) is 18.8. The van der Waals surface area contributed by atoms with E-state index in [1.807, 2.05) is 24.3 Å². The summed E-state index contributed by atoms with van der Waals surface area (Å²) >= 11 is 0. The molecule has 0 radical (unpaired) electrons. The second-order valence-corrected chi connectivity index (χ2v) is 8.15. The Labute approximate surface area is 193 Å². The van der Waals surface area contributed by atoms with Gasteiger partial charge < -0.3 is 14.8 Å². The first kappa shape index (κ1) is 22.9. The first-order valence-corrected chi connectivity index (χ1v) is 11.3. The van der Waals surface area contributed by atoms with E-state index in [0.717, 1.165) is 24.4 Å². The molecule has 1 atom stereocenters. The summed E-state index contributed by atoms with van der Waals surface area (Å²) in [5.41, 5.74) is 1.96. The Morgan fingerprint density at radius 1 is 1.03 bits per heavy atom. The lowest BCUT2D eigenvalue weighted by molar-refractivity contribution is -0.121. The highest BCUT2D eigenvalue weighted by molar-refractivity contribution is 6.21. The molecule has 0 spiro atoms. The van der Waals surface area contributed by atoms with Crippen molar-refractivity contribution in [3.8, 4) is 5.75 Å². The third-order valence-electron chi connectivity index (χ3n) is 6.14. The maximum atomic E-state index is 12.6. The third kappa shape index (κ3) is 5.23. The monoisotopic (exact) mass is 451 g/mol. The number of morpholine rings is 1. The van der Waals surface area contributed by atoms with Crippen LogP contribution in [0.15, 0.2) is 48.5 Å². The van der Waals surface area contributed by atoms with E-state index in [4.69, 9.17) is 9.47 Å². The highest BCUT2D eigenvalue weighted by Crippen LogP contribution is 2.24. The molecule has 8 heteroatoms. The van der Waals surface area contributed by atoms with Gasteiger partial charge in [-0.1, -0.05) is 24.3 Å². The predicted octanol–water partition coefficient (Wildman–Crippen LogP) is 2.26. The van der Waals surface area contributed by atoms with E-state index in [9.17, 15) is 14.4 Å². The van der Waals surface area contributed by atoms with Crippen molar-refractivity contribution in [3.63, 3.8) is 0 Å². The second-order valence-electron chi connectivity index (χ2n) is 8.15. The number of fused-ring (bicyclic) bond motifs is 1. The Bertz CT molecular complexity index is 966. The van der Waals surface area contributed by atoms with Gasteiger partial charge in [-0.05, 0) is 36.2 Å². The Kier molecular flexibility index (Phi) is 7.36. The van der Waals surface area contributed by atoms with Gasteiger partial charge in [0.25, 0.3) is 11.8 Å². The number of rotatable bonds is 9. The second kappa shape index (κ2) is 10.6. The molecule has 8 nitrogen and oxygen atoms in total. The van der Waals surface area contributed by atoms with Gasteiger partial charge in [0.05, 0.1) is 37.5 Å². The summed E-state index contributed by atoms with van der Waals surface area (Å²) in [6, 6.07) is 14.7. The van der Waals surface area contributed by atoms with E-state index >= 15 is 0 Å². The summed E-state index contributed by atoms with van der Waals surface area (Å²) in [6.07, 6.45) is 0.661. The van der Waals surface area contributed by atoms with Crippen LogP contribution in [0.2, 0.25) is 0 Å². The van der Waals surface area contributed by atoms with E-state index < -0.39 is 0 Å². The van der Waals surface area contributed by atoms with Crippen molar-refractivity contribution in [2.75, 3.05) is 46.5 Å². The first-order chi connectivity index (χ1) is 16.1. The molecule has 33 heavy (non-hydrogen) atoms. The van der Waals surface area contributed by atoms with Crippen LogP contribution in [-0.4, -0.2) is 74.0 Å². The molecule has 2 aromatic carbocycles. The number of carbonyl (C=O) groups is 3. The van der Waals surface area contributed by atoms with E-state index in [2.05, 4.69) is 10.2 Å². The van der Waals surface area contributed by atoms with E-state index in [1.165, 1.54) is 4.90 Å². The minimum Gasteiger partial charge on any atom is -0.497 e. The first-order valence-electron chi connectivity index (χ1n) is 11.3. The van der Waals surface area contributed by atoms with Crippen LogP contribution in [0.4, 0.5) is 0 Å². The number of imide groups is 1. The fraction of sp³-hybridized carbons (Fsp3) is 0.400. The molecule has 0 bridgehead atoms. The maximum absolute atomic E-state index is 12.6. The molecule has 0 aliphatic carbocycles. The van der Waals surface area contributed by atoms with Gasteiger partial charge in [-0.3, -0.25) is 24.2 Å². The van der Waals surface area contributed by atoms with Crippen LogP contribution < -0.4 is 10.1 Å². The van der Waals surface area contributed by atoms with Gasteiger partial charge in [-0.15, -0.1) is 0 Å². The van der Waals surface area contributed by atoms with Gasteiger partial charge in [0.15, 0.2) is 0 Å². The summed E-state index contributed by atoms with van der Waals surface area (Å²) in [5, 5.41) is 3.03. The average molecular weight is 452 g/mol. The summed E-state index contributed by atoms with van der Waals surface area (Å²) in [6.45, 7) is 3.63. The molecule has 3 amide bonds. The molecule has 174 valence electrons. The molecule has 0 unspecified atom stereocenters. The largest absolute Gasteiger partial charge is 0.497 e. The van der Waals surface area contributed by atoms with Crippen molar-refractivity contribution in [2.45, 2.75) is 18.9 Å². The normalized spacial score (nSPS) is 17.1. The Balaban J connectivity index is 1.30. The van der Waals surface area contributed by atoms with Crippen LogP contribution in [0.25, 0.3) is 0 Å². The molecule has 1 N–H and O–H groups in total. The number of benzene rings is 2. The van der Waals surface area contributed by atoms with Crippen molar-refractivity contribution in [1.29, 1.82) is 0 Å². The van der Waals surface area contributed by atoms with Gasteiger partial charge >= 0.3 is 0 Å².